The van der Waals surface area contributed by atoms with Gasteiger partial charge in [-0.3, -0.25) is 18.6 Å². The van der Waals surface area contributed by atoms with Crippen molar-refractivity contribution in [3.05, 3.63) is 85.1 Å². The van der Waals surface area contributed by atoms with Crippen LogP contribution in [-0.4, -0.2) is 74.9 Å². The van der Waals surface area contributed by atoms with Crippen molar-refractivity contribution >= 4 is 19.8 Å². The van der Waals surface area contributed by atoms with Crippen LogP contribution in [0.15, 0.2) is 85.1 Å². The van der Waals surface area contributed by atoms with Crippen molar-refractivity contribution in [1.82, 2.24) is 0 Å². The van der Waals surface area contributed by atoms with Crippen molar-refractivity contribution in [1.29, 1.82) is 0 Å². The number of esters is 2. The van der Waals surface area contributed by atoms with Crippen molar-refractivity contribution in [3.63, 3.8) is 0 Å². The number of hydrogen-bond acceptors (Lipinski definition) is 7. The first kappa shape index (κ1) is 62.2. The van der Waals surface area contributed by atoms with Gasteiger partial charge in [0, 0.05) is 12.8 Å². The number of unbranched alkanes of at least 4 members (excludes halogenated alkanes) is 18. The normalized spacial score (nSPS) is 14.1. The second kappa shape index (κ2) is 46.3. The molecule has 0 amide bonds. The Bertz CT molecular complexity index is 1380. The van der Waals surface area contributed by atoms with E-state index in [-0.39, 0.29) is 32.0 Å². The molecule has 0 spiro atoms. The summed E-state index contributed by atoms with van der Waals surface area (Å²) in [5.74, 6) is -0.818. The number of hydrogen-bond donors (Lipinski definition) is 1. The molecule has 65 heavy (non-hydrogen) atoms. The van der Waals surface area contributed by atoms with E-state index in [0.717, 1.165) is 103 Å². The van der Waals surface area contributed by atoms with Gasteiger partial charge in [0.15, 0.2) is 6.10 Å². The van der Waals surface area contributed by atoms with Crippen molar-refractivity contribution < 1.29 is 42.1 Å². The molecule has 1 N–H and O–H groups in total. The van der Waals surface area contributed by atoms with Crippen molar-refractivity contribution in [3.8, 4) is 0 Å². The average molecular weight is 931 g/mol. The number of carbonyl (C=O) groups is 2. The SMILES string of the molecule is CC/C=C\C/C=C\C/C=C\C/C=C\C/C=C\C/C=C\CCCCCCCCCCCCC(=O)OC(COC(=O)CCCCCCC/C=C\CCCCC)COP(=O)(O)OCC[N+](C)(C)C. The molecule has 0 aliphatic carbocycles. The van der Waals surface area contributed by atoms with E-state index in [9.17, 15) is 19.0 Å². The van der Waals surface area contributed by atoms with Gasteiger partial charge >= 0.3 is 19.8 Å². The zero-order valence-electron chi connectivity index (χ0n) is 42.2. The van der Waals surface area contributed by atoms with Crippen LogP contribution in [0, 0.1) is 0 Å². The Balaban J connectivity index is 4.19. The Morgan fingerprint density at radius 2 is 0.877 bits per heavy atom. The fraction of sp³-hybridized carbons (Fsp3) is 0.709. The molecule has 0 aromatic heterocycles. The second-order valence-electron chi connectivity index (χ2n) is 18.2. The van der Waals surface area contributed by atoms with Crippen molar-refractivity contribution in [2.75, 3.05) is 47.5 Å². The molecule has 0 rings (SSSR count). The Kier molecular flexibility index (Phi) is 44.3. The number of phosphoric acid groups is 1. The molecule has 0 aliphatic heterocycles. The Morgan fingerprint density at radius 1 is 0.492 bits per heavy atom. The van der Waals surface area contributed by atoms with Gasteiger partial charge in [-0.2, -0.15) is 0 Å². The summed E-state index contributed by atoms with van der Waals surface area (Å²) in [4.78, 5) is 35.5. The van der Waals surface area contributed by atoms with Gasteiger partial charge in [0.2, 0.25) is 0 Å². The summed E-state index contributed by atoms with van der Waals surface area (Å²) in [6.07, 6.45) is 60.7. The number of carbonyl (C=O) groups excluding carboxylic acids is 2. The lowest BCUT2D eigenvalue weighted by Crippen LogP contribution is -2.37. The number of likely N-dealkylation sites (N-methyl/N-ethyl adjacent to an activating group) is 1. The number of allylic oxidation sites excluding steroid dienone is 14. The highest BCUT2D eigenvalue weighted by molar-refractivity contribution is 7.47. The molecule has 2 unspecified atom stereocenters. The molecule has 0 saturated heterocycles. The summed E-state index contributed by atoms with van der Waals surface area (Å²) in [7, 11) is 1.46. The lowest BCUT2D eigenvalue weighted by molar-refractivity contribution is -0.870. The standard InChI is InChI=1S/C55H96NO8P/c1-6-8-10-12-14-16-18-20-21-22-23-24-25-26-27-28-29-30-31-32-33-34-35-36-38-40-42-44-46-48-55(58)64-53(52-63-65(59,60)62-50-49-56(3,4)5)51-61-54(57)47-45-43-41-39-37-19-17-15-13-11-9-7-2/h8,10,14-17,20-21,23-24,26-27,29-30,53H,6-7,9,11-13,18-19,22,25,28,31-52H2,1-5H3/p+1/b10-8-,16-14-,17-15-,21-20-,24-23-,27-26-,30-29-. The van der Waals surface area contributed by atoms with E-state index in [0.29, 0.717) is 17.4 Å². The third-order valence-electron chi connectivity index (χ3n) is 10.7. The minimum atomic E-state index is -4.39. The molecule has 10 heteroatoms. The zero-order valence-corrected chi connectivity index (χ0v) is 43.1. The first-order chi connectivity index (χ1) is 31.5. The first-order valence-electron chi connectivity index (χ1n) is 25.8. The van der Waals surface area contributed by atoms with Gasteiger partial charge in [0.25, 0.3) is 0 Å². The number of nitrogens with zero attached hydrogens (tertiary/aromatic N) is 1. The maximum atomic E-state index is 12.8. The van der Waals surface area contributed by atoms with Gasteiger partial charge in [-0.05, 0) is 89.9 Å². The third-order valence-corrected chi connectivity index (χ3v) is 11.6. The highest BCUT2D eigenvalue weighted by Gasteiger charge is 2.27. The van der Waals surface area contributed by atoms with E-state index in [2.05, 4.69) is 98.9 Å². The van der Waals surface area contributed by atoms with Gasteiger partial charge in [-0.1, -0.05) is 182 Å². The highest BCUT2D eigenvalue weighted by Crippen LogP contribution is 2.43. The van der Waals surface area contributed by atoms with Crippen molar-refractivity contribution in [2.45, 2.75) is 206 Å². The maximum Gasteiger partial charge on any atom is 0.472 e. The van der Waals surface area contributed by atoms with E-state index < -0.39 is 26.5 Å². The Hall–Kier alpha value is -2.81. The lowest BCUT2D eigenvalue weighted by atomic mass is 10.0. The fourth-order valence-corrected chi connectivity index (χ4v) is 7.40. The first-order valence-corrected chi connectivity index (χ1v) is 27.3. The number of phosphoric ester groups is 1. The average Bonchev–Trinajstić information content (AvgIpc) is 3.26. The Labute approximate surface area is 399 Å². The summed E-state index contributed by atoms with van der Waals surface area (Å²) in [6.45, 7) is 4.26. The van der Waals surface area contributed by atoms with E-state index in [1.165, 1.54) is 64.2 Å². The number of ether oxygens (including phenoxy) is 2. The van der Waals surface area contributed by atoms with Crippen LogP contribution in [0.4, 0.5) is 0 Å². The van der Waals surface area contributed by atoms with E-state index in [1.54, 1.807) is 0 Å². The second-order valence-corrected chi connectivity index (χ2v) is 19.6. The predicted molar refractivity (Wildman–Crippen MR) is 275 cm³/mol. The molecule has 374 valence electrons. The van der Waals surface area contributed by atoms with Crippen LogP contribution >= 0.6 is 7.82 Å². The summed E-state index contributed by atoms with van der Waals surface area (Å²) >= 11 is 0. The van der Waals surface area contributed by atoms with Crippen LogP contribution in [0.25, 0.3) is 0 Å². The van der Waals surface area contributed by atoms with Gasteiger partial charge < -0.3 is 18.9 Å². The van der Waals surface area contributed by atoms with Crippen LogP contribution < -0.4 is 0 Å². The molecular weight excluding hydrogens is 834 g/mol. The number of quaternary nitrogens is 1. The van der Waals surface area contributed by atoms with E-state index in [4.69, 9.17) is 18.5 Å². The van der Waals surface area contributed by atoms with Gasteiger partial charge in [-0.15, -0.1) is 0 Å². The van der Waals surface area contributed by atoms with Crippen LogP contribution in [0.1, 0.15) is 200 Å². The molecule has 0 fully saturated rings. The molecule has 0 aromatic rings. The molecule has 2 atom stereocenters. The minimum Gasteiger partial charge on any atom is -0.462 e. The van der Waals surface area contributed by atoms with Crippen LogP contribution in [-0.2, 0) is 32.7 Å². The summed E-state index contributed by atoms with van der Waals surface area (Å²) in [5, 5.41) is 0. The molecule has 0 heterocycles. The summed E-state index contributed by atoms with van der Waals surface area (Å²) in [6, 6.07) is 0. The topological polar surface area (TPSA) is 108 Å². The lowest BCUT2D eigenvalue weighted by Gasteiger charge is -2.24. The van der Waals surface area contributed by atoms with Crippen LogP contribution in [0.2, 0.25) is 0 Å². The molecular formula is C55H97NO8P+. The molecule has 9 nitrogen and oxygen atoms in total. The van der Waals surface area contributed by atoms with Gasteiger partial charge in [0.1, 0.15) is 19.8 Å². The quantitative estimate of drug-likeness (QED) is 0.0211. The van der Waals surface area contributed by atoms with E-state index >= 15 is 0 Å². The number of rotatable bonds is 46. The minimum absolute atomic E-state index is 0.0260. The highest BCUT2D eigenvalue weighted by atomic mass is 31.2. The van der Waals surface area contributed by atoms with Gasteiger partial charge in [0.05, 0.1) is 27.7 Å². The smallest absolute Gasteiger partial charge is 0.462 e. The van der Waals surface area contributed by atoms with Gasteiger partial charge in [-0.25, -0.2) is 4.57 Å². The van der Waals surface area contributed by atoms with E-state index in [1.807, 2.05) is 21.1 Å². The molecule has 0 bridgehead atoms. The monoisotopic (exact) mass is 931 g/mol. The molecule has 0 aliphatic rings. The molecule has 0 radical (unpaired) electrons. The van der Waals surface area contributed by atoms with Crippen LogP contribution in [0.5, 0.6) is 0 Å². The van der Waals surface area contributed by atoms with Crippen LogP contribution in [0.3, 0.4) is 0 Å². The zero-order chi connectivity index (χ0) is 47.8. The predicted octanol–water partition coefficient (Wildman–Crippen LogP) is 15.5. The molecule has 0 saturated carbocycles. The Morgan fingerprint density at radius 3 is 1.32 bits per heavy atom. The fourth-order valence-electron chi connectivity index (χ4n) is 6.66. The van der Waals surface area contributed by atoms with Crippen molar-refractivity contribution in [2.24, 2.45) is 0 Å². The third kappa shape index (κ3) is 50.4. The largest absolute Gasteiger partial charge is 0.472 e. The maximum absolute atomic E-state index is 12.8. The summed E-state index contributed by atoms with van der Waals surface area (Å²) in [5.41, 5.74) is 0. The molecule has 0 aromatic carbocycles. The summed E-state index contributed by atoms with van der Waals surface area (Å²) < 4.78 is 34.4.